The molecule has 0 spiro atoms. The number of carbonyl (C=O) groups excluding carboxylic acids is 8. The zero-order valence-electron chi connectivity index (χ0n) is 48.7. The van der Waals surface area contributed by atoms with E-state index in [-0.39, 0.29) is 123 Å². The van der Waals surface area contributed by atoms with Crippen LogP contribution in [0.15, 0.2) is 78.9 Å². The zero-order chi connectivity index (χ0) is 60.5. The summed E-state index contributed by atoms with van der Waals surface area (Å²) in [7, 11) is 0. The molecule has 12 bridgehead atoms. The lowest BCUT2D eigenvalue weighted by Gasteiger charge is -2.25. The molecule has 21 nitrogen and oxygen atoms in total. The van der Waals surface area contributed by atoms with Crippen molar-refractivity contribution in [2.24, 2.45) is 11.8 Å². The number of hydrogen-bond donors (Lipinski definition) is 4. The van der Waals surface area contributed by atoms with Crippen LogP contribution in [0.1, 0.15) is 134 Å². The highest BCUT2D eigenvalue weighted by molar-refractivity contribution is 6.03. The van der Waals surface area contributed by atoms with E-state index in [1.807, 2.05) is 27.7 Å². The summed E-state index contributed by atoms with van der Waals surface area (Å²) in [5.41, 5.74) is 3.85. The van der Waals surface area contributed by atoms with Crippen molar-refractivity contribution in [3.8, 4) is 23.0 Å². The Labute approximate surface area is 488 Å². The molecule has 4 N–H and O–H groups in total. The van der Waals surface area contributed by atoms with Gasteiger partial charge in [-0.05, 0) is 111 Å². The molecule has 4 aromatic carbocycles. The number of carbonyl (C=O) groups is 8. The second-order valence-corrected chi connectivity index (χ2v) is 20.8. The molecule has 2 atom stereocenters. The lowest BCUT2D eigenvalue weighted by molar-refractivity contribution is -0.146. The van der Waals surface area contributed by atoms with E-state index >= 15 is 0 Å². The average Bonchev–Trinajstić information content (AvgIpc) is 2.66. The molecule has 0 saturated heterocycles. The summed E-state index contributed by atoms with van der Waals surface area (Å²) in [6.45, 7) is 12.4. The molecule has 4 amide bonds. The second kappa shape index (κ2) is 29.8. The summed E-state index contributed by atoms with van der Waals surface area (Å²) in [5, 5.41) is 11.7. The Balaban J connectivity index is 1.59. The van der Waals surface area contributed by atoms with E-state index in [4.69, 9.17) is 37.9 Å². The number of amides is 4. The fraction of sp³-hybridized carbons (Fsp3) is 0.413. The van der Waals surface area contributed by atoms with Crippen LogP contribution in [0, 0.1) is 11.8 Å². The molecule has 84 heavy (non-hydrogen) atoms. The third-order valence-electron chi connectivity index (χ3n) is 13.3. The summed E-state index contributed by atoms with van der Waals surface area (Å²) in [6, 6.07) is 19.4. The first kappa shape index (κ1) is 62.6. The summed E-state index contributed by atoms with van der Waals surface area (Å²) >= 11 is 0. The number of aromatic nitrogens is 1. The van der Waals surface area contributed by atoms with Crippen LogP contribution in [0.4, 0.5) is 11.4 Å². The highest BCUT2D eigenvalue weighted by Crippen LogP contribution is 2.41. The van der Waals surface area contributed by atoms with Crippen LogP contribution >= 0.6 is 0 Å². The summed E-state index contributed by atoms with van der Waals surface area (Å²) < 4.78 is 47.2. The molecular weight excluding hydrogens is 1080 g/mol. The van der Waals surface area contributed by atoms with Crippen molar-refractivity contribution in [2.75, 3.05) is 63.5 Å². The number of pyridine rings is 1. The molecule has 2 aliphatic heterocycles. The van der Waals surface area contributed by atoms with Gasteiger partial charge in [0.2, 0.25) is 11.8 Å². The van der Waals surface area contributed by atoms with Gasteiger partial charge in [0.25, 0.3) is 11.8 Å². The number of fused-ring (bicyclic) bond motifs is 8. The van der Waals surface area contributed by atoms with Gasteiger partial charge in [-0.3, -0.25) is 19.2 Å². The normalized spacial score (nSPS) is 15.1. The van der Waals surface area contributed by atoms with Crippen LogP contribution < -0.4 is 40.2 Å². The van der Waals surface area contributed by atoms with Gasteiger partial charge in [-0.1, -0.05) is 70.2 Å². The van der Waals surface area contributed by atoms with Crippen LogP contribution in [-0.2, 0) is 73.4 Å². The minimum absolute atomic E-state index is 0.0299. The molecule has 5 aromatic rings. The lowest BCUT2D eigenvalue weighted by atomic mass is 9.90. The van der Waals surface area contributed by atoms with Gasteiger partial charge in [0, 0.05) is 59.3 Å². The van der Waals surface area contributed by atoms with E-state index in [1.165, 1.54) is 18.2 Å². The molecule has 1 aromatic heterocycles. The Morgan fingerprint density at radius 1 is 0.440 bits per heavy atom. The molecule has 1 aliphatic carbocycles. The standard InChI is InChI=1S/C63H73N5O16/c1-9-77-52(69)32-81-56-38-16-13-17-39(56)25-43-29-47-31-45(59(43)84-35-55(72)80-12-4)27-41-19-14-18-40(57(41)82-33-53(70)78-10-2)26-44-30-46(28-42(24-38)58(44)83-34-54(71)79-11-3)64-62(75)50(22-36(5)6)67-60(73)48-20-15-21-49(66-48)61(74)68-51(23-37(7)8)63(76)65-47/h13-21,28-31,36-37,50-51H,9-12,22-27,32-35H2,1-8H3,(H,64,75)(H,65,76)(H,67,73)(H,68,74)/t50-,51+. The third kappa shape index (κ3) is 17.0. The molecular formula is C63H73N5O16. The first-order valence-electron chi connectivity index (χ1n) is 28.2. The fourth-order valence-electron chi connectivity index (χ4n) is 9.93. The lowest BCUT2D eigenvalue weighted by Crippen LogP contribution is -2.45. The number of para-hydroxylation sites is 2. The summed E-state index contributed by atoms with van der Waals surface area (Å²) in [5.74, 6) is -4.68. The third-order valence-corrected chi connectivity index (χ3v) is 13.3. The molecule has 0 radical (unpaired) electrons. The van der Waals surface area contributed by atoms with Crippen LogP contribution in [0.25, 0.3) is 0 Å². The van der Waals surface area contributed by atoms with Crippen molar-refractivity contribution in [3.63, 3.8) is 0 Å². The van der Waals surface area contributed by atoms with Crippen molar-refractivity contribution in [1.82, 2.24) is 15.6 Å². The topological polar surface area (TPSA) is 271 Å². The van der Waals surface area contributed by atoms with Crippen molar-refractivity contribution in [2.45, 2.75) is 106 Å². The number of esters is 4. The van der Waals surface area contributed by atoms with Crippen LogP contribution in [0.2, 0.25) is 0 Å². The second-order valence-electron chi connectivity index (χ2n) is 20.8. The van der Waals surface area contributed by atoms with Gasteiger partial charge in [-0.2, -0.15) is 0 Å². The Bertz CT molecular complexity index is 2950. The molecule has 0 saturated carbocycles. The van der Waals surface area contributed by atoms with Gasteiger partial charge in [0.05, 0.1) is 26.4 Å². The minimum Gasteiger partial charge on any atom is -0.481 e. The molecule has 3 aliphatic rings. The first-order chi connectivity index (χ1) is 40.4. The summed E-state index contributed by atoms with van der Waals surface area (Å²) in [6.07, 6.45) is 0.223. The van der Waals surface area contributed by atoms with E-state index in [1.54, 1.807) is 88.4 Å². The van der Waals surface area contributed by atoms with Gasteiger partial charge in [-0.25, -0.2) is 24.2 Å². The minimum atomic E-state index is -1.15. The Morgan fingerprint density at radius 2 is 0.714 bits per heavy atom. The maximum atomic E-state index is 14.8. The molecule has 3 heterocycles. The summed E-state index contributed by atoms with van der Waals surface area (Å²) in [4.78, 5) is 115. The smallest absolute Gasteiger partial charge is 0.344 e. The Morgan fingerprint density at radius 3 is 0.988 bits per heavy atom. The molecule has 446 valence electrons. The van der Waals surface area contributed by atoms with E-state index in [9.17, 15) is 38.4 Å². The van der Waals surface area contributed by atoms with Crippen molar-refractivity contribution in [3.05, 3.63) is 135 Å². The van der Waals surface area contributed by atoms with Crippen LogP contribution in [0.3, 0.4) is 0 Å². The van der Waals surface area contributed by atoms with E-state index in [0.29, 0.717) is 44.5 Å². The van der Waals surface area contributed by atoms with Gasteiger partial charge < -0.3 is 59.2 Å². The predicted molar refractivity (Wildman–Crippen MR) is 308 cm³/mol. The van der Waals surface area contributed by atoms with Gasteiger partial charge >= 0.3 is 23.9 Å². The highest BCUT2D eigenvalue weighted by atomic mass is 16.6. The largest absolute Gasteiger partial charge is 0.481 e. The van der Waals surface area contributed by atoms with E-state index in [0.717, 1.165) is 0 Å². The number of nitrogens with one attached hydrogen (secondary N) is 4. The monoisotopic (exact) mass is 1160 g/mol. The van der Waals surface area contributed by atoms with Crippen molar-refractivity contribution in [1.29, 1.82) is 0 Å². The maximum Gasteiger partial charge on any atom is 0.344 e. The number of anilines is 2. The number of rotatable bonds is 20. The van der Waals surface area contributed by atoms with Crippen molar-refractivity contribution >= 4 is 58.9 Å². The first-order valence-corrected chi connectivity index (χ1v) is 28.2. The zero-order valence-corrected chi connectivity index (χ0v) is 48.7. The van der Waals surface area contributed by atoms with Crippen LogP contribution in [-0.4, -0.2) is 117 Å². The Hall–Kier alpha value is -9.01. The number of benzene rings is 4. The van der Waals surface area contributed by atoms with Crippen molar-refractivity contribution < 1.29 is 76.3 Å². The Kier molecular flexibility index (Phi) is 22.2. The molecule has 8 rings (SSSR count). The van der Waals surface area contributed by atoms with E-state index < -0.39 is 86.0 Å². The van der Waals surface area contributed by atoms with E-state index in [2.05, 4.69) is 26.3 Å². The van der Waals surface area contributed by atoms with Gasteiger partial charge in [0.15, 0.2) is 26.4 Å². The SMILES string of the molecule is CCOC(=O)COc1c2cccc1Cc1cc3cc(c1OCC(=O)OCC)Cc1cccc(c1OCC(=O)OCC)Cc1cc(cc(c1OCC(=O)OCC)C2)NC(=O)[C@H](CC(C)C)NC(=O)c1cccc(n1)C(=O)N[C@H](CC(C)C)C(=O)N3. The maximum absolute atomic E-state index is 14.8. The fourth-order valence-corrected chi connectivity index (χ4v) is 9.93. The molecule has 0 unspecified atom stereocenters. The number of ether oxygens (including phenoxy) is 8. The quantitative estimate of drug-likeness (QED) is 0.0428. The van der Waals surface area contributed by atoms with Crippen LogP contribution in [0.5, 0.6) is 23.0 Å². The predicted octanol–water partition coefficient (Wildman–Crippen LogP) is 7.41. The van der Waals surface area contributed by atoms with Gasteiger partial charge in [-0.15, -0.1) is 0 Å². The molecule has 21 heteroatoms. The van der Waals surface area contributed by atoms with Gasteiger partial charge in [0.1, 0.15) is 46.5 Å². The highest BCUT2D eigenvalue weighted by Gasteiger charge is 2.30. The number of hydrogen-bond acceptors (Lipinski definition) is 17. The average molecular weight is 1160 g/mol. The number of nitrogens with zero attached hydrogens (tertiary/aromatic N) is 1. The molecule has 0 fully saturated rings.